The van der Waals surface area contributed by atoms with E-state index in [0.717, 1.165) is 12.0 Å². The van der Waals surface area contributed by atoms with Gasteiger partial charge in [0.2, 0.25) is 0 Å². The highest BCUT2D eigenvalue weighted by Crippen LogP contribution is 2.18. The summed E-state index contributed by atoms with van der Waals surface area (Å²) in [6, 6.07) is 8.31. The van der Waals surface area contributed by atoms with Crippen molar-refractivity contribution in [3.8, 4) is 0 Å². The lowest BCUT2D eigenvalue weighted by Gasteiger charge is -2.09. The number of esters is 1. The first kappa shape index (κ1) is 13.7. The maximum Gasteiger partial charge on any atom is 0.331 e. The summed E-state index contributed by atoms with van der Waals surface area (Å²) in [7, 11) is 1.35. The molecule has 0 N–H and O–H groups in total. The molecule has 0 spiro atoms. The molecule has 0 radical (unpaired) electrons. The molecule has 0 aliphatic heterocycles. The summed E-state index contributed by atoms with van der Waals surface area (Å²) in [5, 5.41) is 0. The summed E-state index contributed by atoms with van der Waals surface area (Å²) in [6.45, 7) is 4.83. The molecule has 1 aromatic rings. The minimum atomic E-state index is -0.346. The van der Waals surface area contributed by atoms with E-state index in [-0.39, 0.29) is 12.6 Å². The summed E-state index contributed by atoms with van der Waals surface area (Å²) >= 11 is 0. The Bertz CT molecular complexity index is 343. The summed E-state index contributed by atoms with van der Waals surface area (Å²) in [5.74, 6) is 0.237. The highest BCUT2D eigenvalue weighted by Gasteiger charge is 2.03. The van der Waals surface area contributed by atoms with Crippen molar-refractivity contribution >= 4 is 5.97 Å². The Balaban J connectivity index is 2.43. The molecular formula is C14H20O3. The van der Waals surface area contributed by atoms with E-state index in [1.165, 1.54) is 12.7 Å². The van der Waals surface area contributed by atoms with E-state index in [9.17, 15) is 4.79 Å². The van der Waals surface area contributed by atoms with E-state index < -0.39 is 0 Å². The van der Waals surface area contributed by atoms with Gasteiger partial charge in [-0.05, 0) is 23.5 Å². The fourth-order valence-electron chi connectivity index (χ4n) is 1.49. The molecule has 17 heavy (non-hydrogen) atoms. The number of hydrogen-bond donors (Lipinski definition) is 0. The van der Waals surface area contributed by atoms with Gasteiger partial charge in [0.15, 0.2) is 0 Å². The van der Waals surface area contributed by atoms with Crippen LogP contribution in [0.2, 0.25) is 0 Å². The van der Waals surface area contributed by atoms with E-state index in [4.69, 9.17) is 4.74 Å². The zero-order valence-corrected chi connectivity index (χ0v) is 10.7. The molecule has 0 aliphatic carbocycles. The Labute approximate surface area is 103 Å². The molecule has 0 aliphatic rings. The summed E-state index contributed by atoms with van der Waals surface area (Å²) in [6.07, 6.45) is 1.14. The lowest BCUT2D eigenvalue weighted by Crippen LogP contribution is -2.09. The molecule has 1 unspecified atom stereocenters. The second-order valence-corrected chi connectivity index (χ2v) is 4.12. The van der Waals surface area contributed by atoms with Gasteiger partial charge >= 0.3 is 5.97 Å². The van der Waals surface area contributed by atoms with Gasteiger partial charge in [-0.15, -0.1) is 0 Å². The average molecular weight is 236 g/mol. The van der Waals surface area contributed by atoms with Crippen molar-refractivity contribution in [1.29, 1.82) is 0 Å². The number of carbonyl (C=O) groups is 1. The standard InChI is InChI=1S/C14H20O3/c1-4-11(2)13-7-5-12(6-8-13)9-17-10-14(15)16-3/h5-8,11H,4,9-10H2,1-3H3. The van der Waals surface area contributed by atoms with Gasteiger partial charge in [0, 0.05) is 0 Å². The van der Waals surface area contributed by atoms with Crippen molar-refractivity contribution in [3.05, 3.63) is 35.4 Å². The zero-order chi connectivity index (χ0) is 12.7. The fourth-order valence-corrected chi connectivity index (χ4v) is 1.49. The van der Waals surface area contributed by atoms with Crippen molar-refractivity contribution in [2.45, 2.75) is 32.8 Å². The van der Waals surface area contributed by atoms with E-state index in [1.807, 2.05) is 12.1 Å². The molecule has 0 aromatic heterocycles. The molecule has 3 heteroatoms. The molecular weight excluding hydrogens is 216 g/mol. The van der Waals surface area contributed by atoms with Crippen molar-refractivity contribution in [1.82, 2.24) is 0 Å². The number of ether oxygens (including phenoxy) is 2. The molecule has 1 rings (SSSR count). The lowest BCUT2D eigenvalue weighted by molar-refractivity contribution is -0.146. The zero-order valence-electron chi connectivity index (χ0n) is 10.7. The predicted octanol–water partition coefficient (Wildman–Crippen LogP) is 2.89. The fraction of sp³-hybridized carbons (Fsp3) is 0.500. The van der Waals surface area contributed by atoms with Crippen LogP contribution in [0.5, 0.6) is 0 Å². The van der Waals surface area contributed by atoms with Crippen LogP contribution >= 0.6 is 0 Å². The van der Waals surface area contributed by atoms with Crippen molar-refractivity contribution in [2.75, 3.05) is 13.7 Å². The highest BCUT2D eigenvalue weighted by atomic mass is 16.6. The van der Waals surface area contributed by atoms with E-state index in [0.29, 0.717) is 12.5 Å². The SMILES string of the molecule is CCC(C)c1ccc(COCC(=O)OC)cc1. The predicted molar refractivity (Wildman–Crippen MR) is 66.8 cm³/mol. The van der Waals surface area contributed by atoms with E-state index in [2.05, 4.69) is 30.7 Å². The van der Waals surface area contributed by atoms with Crippen LogP contribution in [-0.2, 0) is 20.9 Å². The Hall–Kier alpha value is -1.35. The van der Waals surface area contributed by atoms with Gasteiger partial charge in [-0.2, -0.15) is 0 Å². The molecule has 0 saturated carbocycles. The van der Waals surface area contributed by atoms with Crippen LogP contribution in [0.3, 0.4) is 0 Å². The Morgan fingerprint density at radius 3 is 2.47 bits per heavy atom. The van der Waals surface area contributed by atoms with Crippen LogP contribution in [-0.4, -0.2) is 19.7 Å². The second-order valence-electron chi connectivity index (χ2n) is 4.12. The molecule has 0 saturated heterocycles. The molecule has 94 valence electrons. The number of rotatable bonds is 6. The first-order chi connectivity index (χ1) is 8.17. The molecule has 0 bridgehead atoms. The van der Waals surface area contributed by atoms with Crippen molar-refractivity contribution < 1.29 is 14.3 Å². The van der Waals surface area contributed by atoms with Gasteiger partial charge in [0.25, 0.3) is 0 Å². The van der Waals surface area contributed by atoms with Gasteiger partial charge < -0.3 is 9.47 Å². The minimum absolute atomic E-state index is 0.00359. The Morgan fingerprint density at radius 2 is 1.94 bits per heavy atom. The van der Waals surface area contributed by atoms with Crippen molar-refractivity contribution in [3.63, 3.8) is 0 Å². The number of benzene rings is 1. The average Bonchev–Trinajstić information content (AvgIpc) is 2.38. The Morgan fingerprint density at radius 1 is 1.29 bits per heavy atom. The first-order valence-corrected chi connectivity index (χ1v) is 5.90. The third-order valence-electron chi connectivity index (χ3n) is 2.88. The van der Waals surface area contributed by atoms with Gasteiger partial charge in [0.1, 0.15) is 6.61 Å². The van der Waals surface area contributed by atoms with Gasteiger partial charge in [0.05, 0.1) is 13.7 Å². The highest BCUT2D eigenvalue weighted by molar-refractivity contribution is 5.70. The maximum atomic E-state index is 10.8. The minimum Gasteiger partial charge on any atom is -0.467 e. The quantitative estimate of drug-likeness (QED) is 0.712. The van der Waals surface area contributed by atoms with Crippen LogP contribution in [0.15, 0.2) is 24.3 Å². The summed E-state index contributed by atoms with van der Waals surface area (Å²) < 4.78 is 9.71. The molecule has 0 fully saturated rings. The topological polar surface area (TPSA) is 35.5 Å². The molecule has 1 atom stereocenters. The van der Waals surface area contributed by atoms with Crippen LogP contribution in [0.1, 0.15) is 37.3 Å². The number of methoxy groups -OCH3 is 1. The largest absolute Gasteiger partial charge is 0.467 e. The second kappa shape index (κ2) is 7.07. The molecule has 3 nitrogen and oxygen atoms in total. The monoisotopic (exact) mass is 236 g/mol. The van der Waals surface area contributed by atoms with Gasteiger partial charge in [-0.3, -0.25) is 0 Å². The van der Waals surface area contributed by atoms with E-state index >= 15 is 0 Å². The maximum absolute atomic E-state index is 10.8. The van der Waals surface area contributed by atoms with Gasteiger partial charge in [-0.1, -0.05) is 38.1 Å². The van der Waals surface area contributed by atoms with Crippen molar-refractivity contribution in [2.24, 2.45) is 0 Å². The first-order valence-electron chi connectivity index (χ1n) is 5.90. The molecule has 0 heterocycles. The molecule has 0 amide bonds. The van der Waals surface area contributed by atoms with Crippen LogP contribution in [0.25, 0.3) is 0 Å². The van der Waals surface area contributed by atoms with Crippen LogP contribution in [0.4, 0.5) is 0 Å². The van der Waals surface area contributed by atoms with Crippen LogP contribution < -0.4 is 0 Å². The third kappa shape index (κ3) is 4.57. The van der Waals surface area contributed by atoms with Crippen LogP contribution in [0, 0.1) is 0 Å². The number of carbonyl (C=O) groups excluding carboxylic acids is 1. The van der Waals surface area contributed by atoms with E-state index in [1.54, 1.807) is 0 Å². The summed E-state index contributed by atoms with van der Waals surface area (Å²) in [4.78, 5) is 10.8. The normalized spacial score (nSPS) is 12.2. The Kier molecular flexibility index (Phi) is 5.70. The third-order valence-corrected chi connectivity index (χ3v) is 2.88. The molecule has 1 aromatic carbocycles. The number of hydrogen-bond acceptors (Lipinski definition) is 3. The lowest BCUT2D eigenvalue weighted by atomic mass is 9.98. The van der Waals surface area contributed by atoms with Gasteiger partial charge in [-0.25, -0.2) is 4.79 Å². The smallest absolute Gasteiger partial charge is 0.331 e. The summed E-state index contributed by atoms with van der Waals surface area (Å²) in [5.41, 5.74) is 2.41.